The van der Waals surface area contributed by atoms with Crippen LogP contribution >= 0.6 is 0 Å². The second-order valence-electron chi connectivity index (χ2n) is 12.9. The number of likely N-dealkylation sites (tertiary alicyclic amines) is 1. The lowest BCUT2D eigenvalue weighted by molar-refractivity contribution is -0.141. The minimum absolute atomic E-state index is 0.164. The average Bonchev–Trinajstić information content (AvgIpc) is 3.60. The SMILES string of the molecule is C=CC(=O)NC(=O)C(C)NNC(C)C(=O)N1CCC[C@H]1C(=O)NC(C(=O)N[C@@H](C)C(=O)NC(C)C(=O)C(=O)[C@H](CCCCN)NC(=O)C=C)C(C)C. The van der Waals surface area contributed by atoms with E-state index >= 15 is 0 Å². The molecule has 0 aromatic carbocycles. The van der Waals surface area contributed by atoms with Gasteiger partial charge in [-0.1, -0.05) is 27.0 Å². The highest BCUT2D eigenvalue weighted by Crippen LogP contribution is 2.19. The van der Waals surface area contributed by atoms with Gasteiger partial charge in [-0.15, -0.1) is 0 Å². The molecule has 1 aliphatic heterocycles. The van der Waals surface area contributed by atoms with Crippen molar-refractivity contribution in [2.24, 2.45) is 11.7 Å². The van der Waals surface area contributed by atoms with Crippen LogP contribution in [0, 0.1) is 5.92 Å². The van der Waals surface area contributed by atoms with E-state index in [4.69, 9.17) is 5.73 Å². The van der Waals surface area contributed by atoms with Gasteiger partial charge in [0.05, 0.1) is 24.2 Å². The summed E-state index contributed by atoms with van der Waals surface area (Å²) in [6.07, 6.45) is 3.98. The van der Waals surface area contributed by atoms with E-state index in [2.05, 4.69) is 50.6 Å². The summed E-state index contributed by atoms with van der Waals surface area (Å²) in [7, 11) is 0. The number of amides is 7. The molecular weight excluding hydrogens is 678 g/mol. The summed E-state index contributed by atoms with van der Waals surface area (Å²) in [5, 5.41) is 12.2. The predicted molar refractivity (Wildman–Crippen MR) is 190 cm³/mol. The Kier molecular flexibility index (Phi) is 19.3. The van der Waals surface area contributed by atoms with E-state index in [1.165, 1.54) is 32.6 Å². The van der Waals surface area contributed by atoms with Crippen molar-refractivity contribution in [3.8, 4) is 0 Å². The van der Waals surface area contributed by atoms with Gasteiger partial charge in [0.25, 0.3) is 0 Å². The number of imide groups is 1. The Morgan fingerprint density at radius 2 is 1.31 bits per heavy atom. The molecule has 18 heteroatoms. The quantitative estimate of drug-likeness (QED) is 0.0254. The van der Waals surface area contributed by atoms with Crippen molar-refractivity contribution in [2.75, 3.05) is 13.1 Å². The number of nitrogens with one attached hydrogen (secondary N) is 7. The summed E-state index contributed by atoms with van der Waals surface area (Å²) >= 11 is 0. The number of hydrogen-bond donors (Lipinski definition) is 8. The van der Waals surface area contributed by atoms with Crippen LogP contribution in [0.2, 0.25) is 0 Å². The van der Waals surface area contributed by atoms with Gasteiger partial charge in [0, 0.05) is 6.54 Å². The summed E-state index contributed by atoms with van der Waals surface area (Å²) in [5.74, 6) is -6.72. The molecule has 18 nitrogen and oxygen atoms in total. The van der Waals surface area contributed by atoms with Crippen molar-refractivity contribution >= 4 is 52.9 Å². The van der Waals surface area contributed by atoms with Gasteiger partial charge in [-0.2, -0.15) is 0 Å². The molecule has 0 aliphatic carbocycles. The number of nitrogens with zero attached hydrogens (tertiary/aromatic N) is 1. The van der Waals surface area contributed by atoms with E-state index in [1.807, 2.05) is 0 Å². The van der Waals surface area contributed by atoms with Gasteiger partial charge in [-0.05, 0) is 84.4 Å². The van der Waals surface area contributed by atoms with Crippen molar-refractivity contribution < 1.29 is 43.2 Å². The van der Waals surface area contributed by atoms with Gasteiger partial charge >= 0.3 is 0 Å². The summed E-state index contributed by atoms with van der Waals surface area (Å²) in [6.45, 7) is 16.3. The summed E-state index contributed by atoms with van der Waals surface area (Å²) in [5.41, 5.74) is 10.9. The van der Waals surface area contributed by atoms with E-state index in [0.29, 0.717) is 32.2 Å². The van der Waals surface area contributed by atoms with E-state index in [-0.39, 0.29) is 13.0 Å². The number of ketones is 2. The second kappa shape index (κ2) is 22.2. The molecule has 7 atom stereocenters. The fraction of sp³-hybridized carbons (Fsp3) is 0.618. The third kappa shape index (κ3) is 14.1. The molecule has 1 aliphatic rings. The van der Waals surface area contributed by atoms with Crippen molar-refractivity contribution in [2.45, 2.75) is 116 Å². The third-order valence-electron chi connectivity index (χ3n) is 8.31. The lowest BCUT2D eigenvalue weighted by atomic mass is 9.98. The van der Waals surface area contributed by atoms with Gasteiger partial charge in [-0.25, -0.2) is 10.9 Å². The molecule has 290 valence electrons. The Morgan fingerprint density at radius 1 is 0.712 bits per heavy atom. The van der Waals surface area contributed by atoms with Crippen LogP contribution in [0.1, 0.15) is 73.6 Å². The van der Waals surface area contributed by atoms with E-state index in [0.717, 1.165) is 12.2 Å². The maximum absolute atomic E-state index is 13.4. The first-order valence-corrected chi connectivity index (χ1v) is 17.3. The molecule has 4 unspecified atom stereocenters. The van der Waals surface area contributed by atoms with Crippen LogP contribution in [0.25, 0.3) is 0 Å². The van der Waals surface area contributed by atoms with Crippen molar-refractivity contribution in [3.63, 3.8) is 0 Å². The molecule has 1 saturated heterocycles. The molecule has 1 heterocycles. The molecule has 0 spiro atoms. The van der Waals surface area contributed by atoms with Crippen LogP contribution in [0.15, 0.2) is 25.3 Å². The minimum atomic E-state index is -1.28. The normalized spacial score (nSPS) is 17.3. The molecule has 52 heavy (non-hydrogen) atoms. The van der Waals surface area contributed by atoms with Crippen molar-refractivity contribution in [1.82, 2.24) is 42.3 Å². The number of unbranched alkanes of at least 4 members (excludes halogenated alkanes) is 1. The maximum atomic E-state index is 13.4. The van der Waals surface area contributed by atoms with Crippen LogP contribution in [0.5, 0.6) is 0 Å². The van der Waals surface area contributed by atoms with E-state index in [1.54, 1.807) is 13.8 Å². The zero-order valence-corrected chi connectivity index (χ0v) is 30.8. The van der Waals surface area contributed by atoms with Gasteiger partial charge in [0.15, 0.2) is 0 Å². The summed E-state index contributed by atoms with van der Waals surface area (Å²) in [4.78, 5) is 115. The first-order chi connectivity index (χ1) is 24.4. The Hall–Kier alpha value is -4.81. The standard InChI is InChI=1S/C34H55N9O9/c1-9-25(44)38-23(14-11-12-16-35)29(47)28(46)19(5)36-30(48)20(6)37-33(51)27(18(3)4)40-32(50)24-15-13-17-43(24)34(52)22(8)42-41-21(7)31(49)39-26(45)10-2/h9-10,18-24,27,41-42H,1-2,11-17,35H2,3-8H3,(H,36,48)(H,37,51)(H,38,44)(H,40,50)(H,39,45,49)/t19?,20-,21?,22?,23-,24-,27?/m0/s1. The number of hydrogen-bond acceptors (Lipinski definition) is 12. The van der Waals surface area contributed by atoms with Gasteiger partial charge in [-0.3, -0.25) is 48.5 Å². The zero-order chi connectivity index (χ0) is 39.7. The van der Waals surface area contributed by atoms with Gasteiger partial charge < -0.3 is 31.9 Å². The van der Waals surface area contributed by atoms with Crippen LogP contribution in [0.4, 0.5) is 0 Å². The number of Topliss-reactive ketones (excluding diaryl/α,β-unsaturated/α-hetero) is 2. The molecule has 0 saturated carbocycles. The highest BCUT2D eigenvalue weighted by Gasteiger charge is 2.38. The highest BCUT2D eigenvalue weighted by molar-refractivity contribution is 6.41. The van der Waals surface area contributed by atoms with Crippen LogP contribution in [-0.4, -0.2) is 113 Å². The fourth-order valence-corrected chi connectivity index (χ4v) is 5.14. The van der Waals surface area contributed by atoms with Crippen molar-refractivity contribution in [3.05, 3.63) is 25.3 Å². The third-order valence-corrected chi connectivity index (χ3v) is 8.31. The van der Waals surface area contributed by atoms with Crippen molar-refractivity contribution in [1.29, 1.82) is 0 Å². The van der Waals surface area contributed by atoms with Gasteiger partial charge in [0.1, 0.15) is 18.1 Å². The largest absolute Gasteiger partial charge is 0.344 e. The smallest absolute Gasteiger partial charge is 0.249 e. The van der Waals surface area contributed by atoms with E-state index in [9.17, 15) is 43.2 Å². The lowest BCUT2D eigenvalue weighted by Crippen LogP contribution is -2.60. The van der Waals surface area contributed by atoms with Crippen LogP contribution in [0.3, 0.4) is 0 Å². The lowest BCUT2D eigenvalue weighted by Gasteiger charge is -2.30. The van der Waals surface area contributed by atoms with Crippen LogP contribution < -0.4 is 43.2 Å². The average molecular weight is 734 g/mol. The molecule has 1 fully saturated rings. The minimum Gasteiger partial charge on any atom is -0.344 e. The zero-order valence-electron chi connectivity index (χ0n) is 30.8. The number of carbonyl (C=O) groups is 9. The highest BCUT2D eigenvalue weighted by atomic mass is 16.2. The number of nitrogens with two attached hydrogens (primary N) is 1. The summed E-state index contributed by atoms with van der Waals surface area (Å²) < 4.78 is 0. The molecule has 7 amide bonds. The molecule has 0 aromatic heterocycles. The fourth-order valence-electron chi connectivity index (χ4n) is 5.14. The molecular formula is C34H55N9O9. The predicted octanol–water partition coefficient (Wildman–Crippen LogP) is -2.23. The number of hydrazine groups is 1. The van der Waals surface area contributed by atoms with E-state index < -0.39 is 101 Å². The Labute approximate surface area is 304 Å². The monoisotopic (exact) mass is 733 g/mol. The number of rotatable bonds is 22. The maximum Gasteiger partial charge on any atom is 0.249 e. The molecule has 1 rings (SSSR count). The molecule has 0 aromatic rings. The van der Waals surface area contributed by atoms with Gasteiger partial charge in [0.2, 0.25) is 52.9 Å². The Morgan fingerprint density at radius 3 is 1.88 bits per heavy atom. The first kappa shape index (κ1) is 45.2. The second-order valence-corrected chi connectivity index (χ2v) is 12.9. The Balaban J connectivity index is 2.84. The molecule has 9 N–H and O–H groups in total. The van der Waals surface area contributed by atoms with Crippen LogP contribution in [-0.2, 0) is 43.2 Å². The number of carbonyl (C=O) groups excluding carboxylic acids is 9. The topological polar surface area (TPSA) is 267 Å². The molecule has 0 radical (unpaired) electrons. The summed E-state index contributed by atoms with van der Waals surface area (Å²) in [6, 6.07) is -7.34. The first-order valence-electron chi connectivity index (χ1n) is 17.3. The molecule has 0 bridgehead atoms. The Bertz CT molecular complexity index is 1370.